The van der Waals surface area contributed by atoms with Crippen LogP contribution in [0.25, 0.3) is 0 Å². The van der Waals surface area contributed by atoms with Gasteiger partial charge in [0.15, 0.2) is 0 Å². The summed E-state index contributed by atoms with van der Waals surface area (Å²) in [7, 11) is 0. The molecule has 0 amide bonds. The first kappa shape index (κ1) is 10.2. The van der Waals surface area contributed by atoms with E-state index in [1.165, 1.54) is 29.8 Å². The number of fused-ring (bicyclic) bond motifs is 1. The summed E-state index contributed by atoms with van der Waals surface area (Å²) in [4.78, 5) is 9.42. The highest BCUT2D eigenvalue weighted by Crippen LogP contribution is 2.38. The molecule has 16 heavy (non-hydrogen) atoms. The molecule has 1 fully saturated rings. The van der Waals surface area contributed by atoms with Crippen LogP contribution >= 0.6 is 0 Å². The molecular formula is C12H18N4. The van der Waals surface area contributed by atoms with Gasteiger partial charge in [-0.15, -0.1) is 0 Å². The Kier molecular flexibility index (Phi) is 2.61. The molecule has 0 saturated heterocycles. The summed E-state index contributed by atoms with van der Waals surface area (Å²) in [6.07, 6.45) is 4.46. The third kappa shape index (κ3) is 1.83. The van der Waals surface area contributed by atoms with E-state index in [0.717, 1.165) is 31.8 Å². The first-order chi connectivity index (χ1) is 7.88. The zero-order valence-electron chi connectivity index (χ0n) is 9.50. The first-order valence-corrected chi connectivity index (χ1v) is 6.18. The largest absolute Gasteiger partial charge is 0.330 e. The topological polar surface area (TPSA) is 63.8 Å². The third-order valence-corrected chi connectivity index (χ3v) is 3.36. The third-order valence-electron chi connectivity index (χ3n) is 3.36. The van der Waals surface area contributed by atoms with Crippen LogP contribution in [-0.4, -0.2) is 23.1 Å². The maximum absolute atomic E-state index is 5.66. The summed E-state index contributed by atoms with van der Waals surface area (Å²) < 4.78 is 0. The van der Waals surface area contributed by atoms with Gasteiger partial charge in [0, 0.05) is 24.6 Å². The Morgan fingerprint density at radius 1 is 1.31 bits per heavy atom. The van der Waals surface area contributed by atoms with E-state index < -0.39 is 0 Å². The Morgan fingerprint density at radius 2 is 2.19 bits per heavy atom. The van der Waals surface area contributed by atoms with Gasteiger partial charge in [0.1, 0.15) is 5.82 Å². The fraction of sp³-hybridized carbons (Fsp3) is 0.667. The van der Waals surface area contributed by atoms with Crippen molar-refractivity contribution < 1.29 is 0 Å². The number of rotatable bonds is 3. The highest BCUT2D eigenvalue weighted by Gasteiger charge is 2.28. The molecule has 2 aliphatic rings. The van der Waals surface area contributed by atoms with Gasteiger partial charge in [-0.05, 0) is 37.9 Å². The molecule has 0 radical (unpaired) electrons. The Labute approximate surface area is 95.7 Å². The quantitative estimate of drug-likeness (QED) is 0.775. The predicted molar refractivity (Wildman–Crippen MR) is 62.2 cm³/mol. The average molecular weight is 218 g/mol. The maximum Gasteiger partial charge on any atom is 0.132 e. The molecule has 1 aliphatic heterocycles. The molecule has 1 saturated carbocycles. The van der Waals surface area contributed by atoms with Gasteiger partial charge >= 0.3 is 0 Å². The number of nitrogens with zero attached hydrogens (tertiary/aromatic N) is 2. The lowest BCUT2D eigenvalue weighted by molar-refractivity contribution is 0.607. The lowest BCUT2D eigenvalue weighted by Gasteiger charge is -2.19. The normalized spacial score (nSPS) is 19.6. The standard InChI is InChI=1S/C12H18N4/c13-5-3-10-9-4-6-14-7-11(9)16-12(15-10)8-1-2-8/h8,14H,1-7,13H2. The molecule has 3 rings (SSSR count). The molecule has 0 bridgehead atoms. The monoisotopic (exact) mass is 218 g/mol. The van der Waals surface area contributed by atoms with Crippen LogP contribution in [-0.2, 0) is 19.4 Å². The Balaban J connectivity index is 2.01. The van der Waals surface area contributed by atoms with Gasteiger partial charge in [-0.1, -0.05) is 0 Å². The van der Waals surface area contributed by atoms with Gasteiger partial charge in [-0.25, -0.2) is 9.97 Å². The van der Waals surface area contributed by atoms with Gasteiger partial charge in [0.2, 0.25) is 0 Å². The predicted octanol–water partition coefficient (Wildman–Crippen LogP) is 0.501. The second kappa shape index (κ2) is 4.11. The fourth-order valence-electron chi connectivity index (χ4n) is 2.33. The maximum atomic E-state index is 5.66. The van der Waals surface area contributed by atoms with Crippen molar-refractivity contribution in [3.63, 3.8) is 0 Å². The van der Waals surface area contributed by atoms with Gasteiger partial charge in [-0.2, -0.15) is 0 Å². The van der Waals surface area contributed by atoms with Crippen LogP contribution in [0.5, 0.6) is 0 Å². The fourth-order valence-corrected chi connectivity index (χ4v) is 2.33. The number of nitrogens with two attached hydrogens (primary N) is 1. The van der Waals surface area contributed by atoms with Crippen molar-refractivity contribution in [1.82, 2.24) is 15.3 Å². The van der Waals surface area contributed by atoms with Gasteiger partial charge in [0.25, 0.3) is 0 Å². The van der Waals surface area contributed by atoms with E-state index in [9.17, 15) is 0 Å². The van der Waals surface area contributed by atoms with E-state index in [4.69, 9.17) is 15.7 Å². The lowest BCUT2D eigenvalue weighted by Crippen LogP contribution is -2.27. The number of hydrogen-bond acceptors (Lipinski definition) is 4. The number of aromatic nitrogens is 2. The van der Waals surface area contributed by atoms with Crippen LogP contribution in [0.1, 0.15) is 41.5 Å². The molecule has 4 nitrogen and oxygen atoms in total. The molecule has 1 aliphatic carbocycles. The van der Waals surface area contributed by atoms with Gasteiger partial charge in [-0.3, -0.25) is 0 Å². The molecular weight excluding hydrogens is 200 g/mol. The van der Waals surface area contributed by atoms with Crippen molar-refractivity contribution in [2.75, 3.05) is 13.1 Å². The summed E-state index contributed by atoms with van der Waals surface area (Å²) in [5.41, 5.74) is 9.43. The molecule has 0 unspecified atom stereocenters. The first-order valence-electron chi connectivity index (χ1n) is 6.18. The van der Waals surface area contributed by atoms with Crippen molar-refractivity contribution in [3.05, 3.63) is 22.8 Å². The smallest absolute Gasteiger partial charge is 0.132 e. The minimum atomic E-state index is 0.628. The van der Waals surface area contributed by atoms with E-state index in [-0.39, 0.29) is 0 Å². The van der Waals surface area contributed by atoms with Crippen molar-refractivity contribution >= 4 is 0 Å². The van der Waals surface area contributed by atoms with E-state index in [2.05, 4.69) is 5.32 Å². The minimum absolute atomic E-state index is 0.628. The van der Waals surface area contributed by atoms with Crippen molar-refractivity contribution in [2.24, 2.45) is 5.73 Å². The molecule has 0 aromatic carbocycles. The van der Waals surface area contributed by atoms with Gasteiger partial charge < -0.3 is 11.1 Å². The van der Waals surface area contributed by atoms with Gasteiger partial charge in [0.05, 0.1) is 5.69 Å². The van der Waals surface area contributed by atoms with Crippen molar-refractivity contribution in [3.8, 4) is 0 Å². The van der Waals surface area contributed by atoms with E-state index in [1.54, 1.807) is 0 Å². The highest BCUT2D eigenvalue weighted by atomic mass is 15.0. The highest BCUT2D eigenvalue weighted by molar-refractivity contribution is 5.30. The zero-order chi connectivity index (χ0) is 11.0. The number of nitrogens with one attached hydrogen (secondary N) is 1. The molecule has 0 atom stereocenters. The van der Waals surface area contributed by atoms with Crippen LogP contribution in [0.3, 0.4) is 0 Å². The molecule has 86 valence electrons. The second-order valence-corrected chi connectivity index (χ2v) is 4.69. The number of hydrogen-bond donors (Lipinski definition) is 2. The van der Waals surface area contributed by atoms with Crippen LogP contribution in [0.15, 0.2) is 0 Å². The van der Waals surface area contributed by atoms with E-state index in [0.29, 0.717) is 12.5 Å². The summed E-state index contributed by atoms with van der Waals surface area (Å²) in [5, 5.41) is 3.38. The molecule has 2 heterocycles. The summed E-state index contributed by atoms with van der Waals surface area (Å²) >= 11 is 0. The zero-order valence-corrected chi connectivity index (χ0v) is 9.50. The molecule has 1 aromatic heterocycles. The summed E-state index contributed by atoms with van der Waals surface area (Å²) in [5.74, 6) is 1.69. The van der Waals surface area contributed by atoms with Crippen LogP contribution in [0.2, 0.25) is 0 Å². The Morgan fingerprint density at radius 3 is 2.94 bits per heavy atom. The molecule has 3 N–H and O–H groups in total. The molecule has 1 aromatic rings. The van der Waals surface area contributed by atoms with Crippen LogP contribution in [0, 0.1) is 0 Å². The van der Waals surface area contributed by atoms with Crippen LogP contribution in [0.4, 0.5) is 0 Å². The SMILES string of the molecule is NCCc1nc(C2CC2)nc2c1CCNC2. The molecule has 0 spiro atoms. The summed E-state index contributed by atoms with van der Waals surface area (Å²) in [6, 6.07) is 0. The Hall–Kier alpha value is -1.00. The average Bonchev–Trinajstić information content (AvgIpc) is 3.13. The second-order valence-electron chi connectivity index (χ2n) is 4.69. The van der Waals surface area contributed by atoms with Crippen molar-refractivity contribution in [1.29, 1.82) is 0 Å². The summed E-state index contributed by atoms with van der Waals surface area (Å²) in [6.45, 7) is 2.62. The van der Waals surface area contributed by atoms with Crippen LogP contribution < -0.4 is 11.1 Å². The van der Waals surface area contributed by atoms with E-state index in [1.807, 2.05) is 0 Å². The van der Waals surface area contributed by atoms with Crippen molar-refractivity contribution in [2.45, 2.75) is 38.1 Å². The lowest BCUT2D eigenvalue weighted by atomic mass is 10.0. The van der Waals surface area contributed by atoms with E-state index >= 15 is 0 Å². The molecule has 4 heteroatoms. The minimum Gasteiger partial charge on any atom is -0.330 e. The Bertz CT molecular complexity index is 398.